The minimum atomic E-state index is -0.304. The molecule has 1 aliphatic heterocycles. The number of methoxy groups -OCH3 is 1. The van der Waals surface area contributed by atoms with Gasteiger partial charge in [-0.25, -0.2) is 4.79 Å². The molecule has 0 N–H and O–H groups in total. The van der Waals surface area contributed by atoms with Crippen molar-refractivity contribution in [3.05, 3.63) is 102 Å². The summed E-state index contributed by atoms with van der Waals surface area (Å²) >= 11 is 1.75. The largest absolute Gasteiger partial charge is 0.453 e. The minimum Gasteiger partial charge on any atom is -0.453 e. The predicted octanol–water partition coefficient (Wildman–Crippen LogP) is 5.73. The van der Waals surface area contributed by atoms with E-state index in [2.05, 4.69) is 30.3 Å². The van der Waals surface area contributed by atoms with Crippen molar-refractivity contribution in [1.82, 2.24) is 4.90 Å². The number of nitrogens with zero attached hydrogens (tertiary/aromatic N) is 1. The summed E-state index contributed by atoms with van der Waals surface area (Å²) < 4.78 is 11.3. The number of amides is 1. The lowest BCUT2D eigenvalue weighted by Gasteiger charge is -2.42. The monoisotopic (exact) mass is 433 g/mol. The highest BCUT2D eigenvalue weighted by molar-refractivity contribution is 7.99. The maximum absolute atomic E-state index is 12.9. The number of thioether (sulfide) groups is 1. The van der Waals surface area contributed by atoms with Crippen molar-refractivity contribution < 1.29 is 14.3 Å². The Hall–Kier alpha value is -2.76. The Bertz CT molecular complexity index is 980. The maximum atomic E-state index is 12.9. The van der Waals surface area contributed by atoms with Crippen molar-refractivity contribution in [3.8, 4) is 0 Å². The molecule has 3 aromatic rings. The van der Waals surface area contributed by atoms with Gasteiger partial charge in [0.25, 0.3) is 0 Å². The molecule has 3 aromatic carbocycles. The zero-order valence-electron chi connectivity index (χ0n) is 17.6. The van der Waals surface area contributed by atoms with E-state index in [0.717, 1.165) is 17.7 Å². The fourth-order valence-electron chi connectivity index (χ4n) is 4.07. The summed E-state index contributed by atoms with van der Waals surface area (Å²) in [4.78, 5) is 15.9. The molecule has 1 heterocycles. The third-order valence-electron chi connectivity index (χ3n) is 5.56. The van der Waals surface area contributed by atoms with Gasteiger partial charge >= 0.3 is 6.09 Å². The molecule has 0 radical (unpaired) electrons. The Morgan fingerprint density at radius 3 is 2.39 bits per heavy atom. The Labute approximate surface area is 188 Å². The van der Waals surface area contributed by atoms with Crippen LogP contribution in [0.15, 0.2) is 89.8 Å². The summed E-state index contributed by atoms with van der Waals surface area (Å²) in [6.45, 7) is 0.988. The third kappa shape index (κ3) is 5.30. The standard InChI is InChI=1S/C26H27NO3S/c1-29-26(28)27-22(18-30-17-20-10-4-2-5-11-20)16-21-12-8-9-15-24(21)25(27)19-31-23-13-6-3-7-14-23/h2-15,22,25H,16-19H2,1H3/t22-,25-/m0/s1. The lowest BCUT2D eigenvalue weighted by atomic mass is 9.89. The van der Waals surface area contributed by atoms with Crippen molar-refractivity contribution >= 4 is 17.9 Å². The van der Waals surface area contributed by atoms with Crippen LogP contribution in [-0.4, -0.2) is 36.5 Å². The van der Waals surface area contributed by atoms with Gasteiger partial charge < -0.3 is 9.47 Å². The van der Waals surface area contributed by atoms with Gasteiger partial charge in [-0.1, -0.05) is 72.8 Å². The number of benzene rings is 3. The SMILES string of the molecule is COC(=O)N1[C@H](COCc2ccccc2)Cc2ccccc2[C@@H]1CSc1ccccc1. The second kappa shape index (κ2) is 10.5. The van der Waals surface area contributed by atoms with Crippen LogP contribution < -0.4 is 0 Å². The molecule has 0 fully saturated rings. The molecular weight excluding hydrogens is 406 g/mol. The van der Waals surface area contributed by atoms with Crippen molar-refractivity contribution in [1.29, 1.82) is 0 Å². The number of hydrogen-bond acceptors (Lipinski definition) is 4. The van der Waals surface area contributed by atoms with Crippen LogP contribution in [-0.2, 0) is 22.5 Å². The normalized spacial score (nSPS) is 17.8. The molecule has 0 unspecified atom stereocenters. The van der Waals surface area contributed by atoms with Crippen molar-refractivity contribution in [2.45, 2.75) is 30.0 Å². The highest BCUT2D eigenvalue weighted by atomic mass is 32.2. The average Bonchev–Trinajstić information content (AvgIpc) is 2.83. The molecule has 0 bridgehead atoms. The van der Waals surface area contributed by atoms with E-state index in [1.165, 1.54) is 23.1 Å². The first kappa shape index (κ1) is 21.5. The van der Waals surface area contributed by atoms with Crippen LogP contribution in [0.25, 0.3) is 0 Å². The van der Waals surface area contributed by atoms with E-state index in [4.69, 9.17) is 9.47 Å². The molecule has 0 spiro atoms. The zero-order chi connectivity index (χ0) is 21.5. The summed E-state index contributed by atoms with van der Waals surface area (Å²) in [5, 5.41) is 0. The Kier molecular flexibility index (Phi) is 7.28. The zero-order valence-corrected chi connectivity index (χ0v) is 18.5. The van der Waals surface area contributed by atoms with Crippen LogP contribution in [0, 0.1) is 0 Å². The van der Waals surface area contributed by atoms with E-state index in [1.807, 2.05) is 59.5 Å². The molecule has 2 atom stereocenters. The smallest absolute Gasteiger partial charge is 0.410 e. The van der Waals surface area contributed by atoms with Gasteiger partial charge in [0, 0.05) is 10.6 Å². The van der Waals surface area contributed by atoms with E-state index in [1.54, 1.807) is 11.8 Å². The van der Waals surface area contributed by atoms with Crippen molar-refractivity contribution in [3.63, 3.8) is 0 Å². The van der Waals surface area contributed by atoms with Gasteiger partial charge in [0.05, 0.1) is 32.4 Å². The molecule has 4 rings (SSSR count). The molecule has 1 amide bonds. The van der Waals surface area contributed by atoms with Gasteiger partial charge in [0.2, 0.25) is 0 Å². The van der Waals surface area contributed by atoms with Crippen LogP contribution in [0.4, 0.5) is 4.79 Å². The Morgan fingerprint density at radius 1 is 0.968 bits per heavy atom. The van der Waals surface area contributed by atoms with Crippen LogP contribution >= 0.6 is 11.8 Å². The van der Waals surface area contributed by atoms with Crippen LogP contribution in [0.1, 0.15) is 22.7 Å². The van der Waals surface area contributed by atoms with Gasteiger partial charge in [-0.3, -0.25) is 4.90 Å². The maximum Gasteiger partial charge on any atom is 0.410 e. The van der Waals surface area contributed by atoms with Crippen molar-refractivity contribution in [2.24, 2.45) is 0 Å². The van der Waals surface area contributed by atoms with Gasteiger partial charge in [0.15, 0.2) is 0 Å². The fourth-order valence-corrected chi connectivity index (χ4v) is 5.11. The van der Waals surface area contributed by atoms with Crippen molar-refractivity contribution in [2.75, 3.05) is 19.5 Å². The number of fused-ring (bicyclic) bond motifs is 1. The van der Waals surface area contributed by atoms with Gasteiger partial charge in [-0.05, 0) is 35.2 Å². The number of rotatable bonds is 7. The molecule has 5 heteroatoms. The highest BCUT2D eigenvalue weighted by Gasteiger charge is 2.38. The van der Waals surface area contributed by atoms with E-state index >= 15 is 0 Å². The molecular formula is C26H27NO3S. The minimum absolute atomic E-state index is 0.0760. The van der Waals surface area contributed by atoms with E-state index in [0.29, 0.717) is 13.2 Å². The fraction of sp³-hybridized carbons (Fsp3) is 0.269. The number of carbonyl (C=O) groups is 1. The second-order valence-corrected chi connectivity index (χ2v) is 8.67. The molecule has 31 heavy (non-hydrogen) atoms. The molecule has 160 valence electrons. The molecule has 4 nitrogen and oxygen atoms in total. The average molecular weight is 434 g/mol. The van der Waals surface area contributed by atoms with Gasteiger partial charge in [-0.15, -0.1) is 11.8 Å². The quantitative estimate of drug-likeness (QED) is 0.446. The Balaban J connectivity index is 1.55. The summed E-state index contributed by atoms with van der Waals surface area (Å²) in [5.74, 6) is 0.755. The lowest BCUT2D eigenvalue weighted by molar-refractivity contribution is 0.0246. The first-order chi connectivity index (χ1) is 15.3. The summed E-state index contributed by atoms with van der Waals surface area (Å²) in [5.41, 5.74) is 3.59. The van der Waals surface area contributed by atoms with E-state index in [9.17, 15) is 4.79 Å². The van der Waals surface area contributed by atoms with E-state index < -0.39 is 0 Å². The summed E-state index contributed by atoms with van der Waals surface area (Å²) in [6.07, 6.45) is 0.452. The molecule has 1 aliphatic rings. The topological polar surface area (TPSA) is 38.8 Å². The van der Waals surface area contributed by atoms with Crippen LogP contribution in [0.2, 0.25) is 0 Å². The number of carbonyl (C=O) groups excluding carboxylic acids is 1. The first-order valence-electron chi connectivity index (χ1n) is 10.5. The molecule has 0 aromatic heterocycles. The van der Waals surface area contributed by atoms with E-state index in [-0.39, 0.29) is 18.2 Å². The summed E-state index contributed by atoms with van der Waals surface area (Å²) in [7, 11) is 1.45. The van der Waals surface area contributed by atoms with Gasteiger partial charge in [-0.2, -0.15) is 0 Å². The number of hydrogen-bond donors (Lipinski definition) is 0. The van der Waals surface area contributed by atoms with Gasteiger partial charge in [0.1, 0.15) is 0 Å². The van der Waals surface area contributed by atoms with Crippen LogP contribution in [0.3, 0.4) is 0 Å². The summed E-state index contributed by atoms with van der Waals surface area (Å²) in [6, 6.07) is 28.6. The second-order valence-electron chi connectivity index (χ2n) is 7.57. The van der Waals surface area contributed by atoms with Crippen LogP contribution in [0.5, 0.6) is 0 Å². The Morgan fingerprint density at radius 2 is 1.65 bits per heavy atom. The third-order valence-corrected chi connectivity index (χ3v) is 6.65. The molecule has 0 saturated carbocycles. The number of ether oxygens (including phenoxy) is 2. The molecule has 0 saturated heterocycles. The first-order valence-corrected chi connectivity index (χ1v) is 11.5. The predicted molar refractivity (Wildman–Crippen MR) is 124 cm³/mol. The lowest BCUT2D eigenvalue weighted by Crippen LogP contribution is -2.50. The highest BCUT2D eigenvalue weighted by Crippen LogP contribution is 2.37. The molecule has 0 aliphatic carbocycles.